The summed E-state index contributed by atoms with van der Waals surface area (Å²) in [7, 11) is 0. The summed E-state index contributed by atoms with van der Waals surface area (Å²) in [4.78, 5) is 13.1. The normalized spacial score (nSPS) is 25.8. The van der Waals surface area contributed by atoms with E-state index in [1.54, 1.807) is 0 Å². The Morgan fingerprint density at radius 3 is 1.36 bits per heavy atom. The molecule has 5 aromatic rings. The number of benzene rings is 5. The predicted octanol–water partition coefficient (Wildman–Crippen LogP) is 7.30. The van der Waals surface area contributed by atoms with Crippen molar-refractivity contribution in [3.8, 4) is 0 Å². The van der Waals surface area contributed by atoms with Crippen LogP contribution in [-0.2, 0) is 80.5 Å². The summed E-state index contributed by atoms with van der Waals surface area (Å²) in [5.74, 6) is -0.365. The SMILES string of the molecule is CC(=O)N[C@@H]1[C@H](O[C@H]2[C@H](OCc3ccccc3)[C@@H](OCc3ccccc3)[C@@H](OC(C)C)O[C@@H]2COCc2ccccc2)O[C@H](COCc2ccccc2)[C@@H](O)[C@@H]1OCc1ccccc1. The largest absolute Gasteiger partial charge is 0.388 e. The van der Waals surface area contributed by atoms with E-state index in [1.165, 1.54) is 6.92 Å². The second-order valence-electron chi connectivity index (χ2n) is 16.4. The van der Waals surface area contributed by atoms with E-state index in [4.69, 9.17) is 42.6 Å². The number of carbonyl (C=O) groups is 1. The van der Waals surface area contributed by atoms with E-state index < -0.39 is 61.3 Å². The number of ether oxygens (including phenoxy) is 9. The fourth-order valence-electron chi connectivity index (χ4n) is 7.87. The van der Waals surface area contributed by atoms with Crippen molar-refractivity contribution < 1.29 is 52.5 Å². The Kier molecular flexibility index (Phi) is 18.0. The smallest absolute Gasteiger partial charge is 0.217 e. The highest BCUT2D eigenvalue weighted by Gasteiger charge is 2.54. The first kappa shape index (κ1) is 47.1. The molecule has 2 fully saturated rings. The molecule has 12 nitrogen and oxygen atoms in total. The van der Waals surface area contributed by atoms with Gasteiger partial charge in [-0.15, -0.1) is 0 Å². The minimum Gasteiger partial charge on any atom is -0.388 e. The number of nitrogens with one attached hydrogen (secondary N) is 1. The van der Waals surface area contributed by atoms with E-state index in [-0.39, 0.29) is 51.7 Å². The first-order valence-electron chi connectivity index (χ1n) is 22.1. The van der Waals surface area contributed by atoms with Crippen molar-refractivity contribution in [1.29, 1.82) is 0 Å². The van der Waals surface area contributed by atoms with Gasteiger partial charge in [0.1, 0.15) is 48.8 Å². The van der Waals surface area contributed by atoms with Crippen molar-refractivity contribution >= 4 is 5.91 Å². The van der Waals surface area contributed by atoms with Crippen LogP contribution in [0.3, 0.4) is 0 Å². The fraction of sp³-hybridized carbons (Fsp3) is 0.404. The van der Waals surface area contributed by atoms with Gasteiger partial charge in [0.05, 0.1) is 52.4 Å². The van der Waals surface area contributed by atoms with Crippen molar-refractivity contribution in [3.05, 3.63) is 179 Å². The average molecular weight is 876 g/mol. The van der Waals surface area contributed by atoms with Crippen LogP contribution in [-0.4, -0.2) is 91.7 Å². The minimum absolute atomic E-state index is 0.000257. The first-order valence-corrected chi connectivity index (χ1v) is 22.1. The van der Waals surface area contributed by atoms with Gasteiger partial charge in [-0.2, -0.15) is 0 Å². The molecule has 340 valence electrons. The monoisotopic (exact) mass is 875 g/mol. The Morgan fingerprint density at radius 1 is 0.531 bits per heavy atom. The Hall–Kier alpha value is -4.83. The third-order valence-corrected chi connectivity index (χ3v) is 11.0. The third kappa shape index (κ3) is 13.8. The van der Waals surface area contributed by atoms with E-state index in [9.17, 15) is 9.90 Å². The molecular weight excluding hydrogens is 815 g/mol. The Bertz CT molecular complexity index is 2060. The molecule has 2 heterocycles. The zero-order valence-electron chi connectivity index (χ0n) is 36.8. The van der Waals surface area contributed by atoms with Gasteiger partial charge in [-0.25, -0.2) is 0 Å². The van der Waals surface area contributed by atoms with E-state index in [0.29, 0.717) is 6.61 Å². The van der Waals surface area contributed by atoms with Crippen molar-refractivity contribution in [2.75, 3.05) is 13.2 Å². The van der Waals surface area contributed by atoms with Gasteiger partial charge in [-0.3, -0.25) is 4.79 Å². The van der Waals surface area contributed by atoms with Crippen molar-refractivity contribution in [2.45, 2.75) is 121 Å². The highest BCUT2D eigenvalue weighted by Crippen LogP contribution is 2.35. The van der Waals surface area contributed by atoms with Crippen molar-refractivity contribution in [1.82, 2.24) is 5.32 Å². The van der Waals surface area contributed by atoms with Gasteiger partial charge in [-0.1, -0.05) is 152 Å². The van der Waals surface area contributed by atoms with E-state index in [0.717, 1.165) is 27.8 Å². The Morgan fingerprint density at radius 2 is 0.922 bits per heavy atom. The van der Waals surface area contributed by atoms with Crippen LogP contribution < -0.4 is 5.32 Å². The van der Waals surface area contributed by atoms with Gasteiger partial charge >= 0.3 is 0 Å². The molecule has 0 unspecified atom stereocenters. The van der Waals surface area contributed by atoms with Gasteiger partial charge in [0.2, 0.25) is 5.91 Å². The van der Waals surface area contributed by atoms with Gasteiger partial charge in [-0.05, 0) is 41.7 Å². The van der Waals surface area contributed by atoms with Gasteiger partial charge < -0.3 is 53.1 Å². The number of aliphatic hydroxyl groups excluding tert-OH is 1. The Balaban J connectivity index is 1.25. The van der Waals surface area contributed by atoms with Crippen LogP contribution in [0.15, 0.2) is 152 Å². The lowest BCUT2D eigenvalue weighted by Crippen LogP contribution is -2.68. The topological polar surface area (TPSA) is 132 Å². The summed E-state index contributed by atoms with van der Waals surface area (Å²) in [6, 6.07) is 48.0. The molecule has 0 radical (unpaired) electrons. The van der Waals surface area contributed by atoms with Gasteiger partial charge in [0, 0.05) is 6.92 Å². The van der Waals surface area contributed by atoms with Crippen molar-refractivity contribution in [2.24, 2.45) is 0 Å². The molecule has 2 aliphatic rings. The molecule has 0 saturated carbocycles. The molecule has 0 bridgehead atoms. The van der Waals surface area contributed by atoms with Crippen LogP contribution in [0, 0.1) is 0 Å². The Labute approximate surface area is 376 Å². The number of hydrogen-bond acceptors (Lipinski definition) is 11. The average Bonchev–Trinajstić information content (AvgIpc) is 3.31. The summed E-state index contributed by atoms with van der Waals surface area (Å²) in [6.45, 7) is 6.55. The van der Waals surface area contributed by atoms with Crippen LogP contribution >= 0.6 is 0 Å². The van der Waals surface area contributed by atoms with Gasteiger partial charge in [0.15, 0.2) is 12.6 Å². The molecule has 7 rings (SSSR count). The summed E-state index contributed by atoms with van der Waals surface area (Å²) in [5, 5.41) is 15.0. The molecular formula is C52H61NO11. The number of rotatable bonds is 22. The molecule has 2 N–H and O–H groups in total. The minimum atomic E-state index is -1.22. The molecule has 0 spiro atoms. The quantitative estimate of drug-likeness (QED) is 0.0727. The molecule has 64 heavy (non-hydrogen) atoms. The van der Waals surface area contributed by atoms with Crippen LogP contribution in [0.4, 0.5) is 0 Å². The predicted molar refractivity (Wildman–Crippen MR) is 239 cm³/mol. The third-order valence-electron chi connectivity index (χ3n) is 11.0. The first-order chi connectivity index (χ1) is 31.3. The second kappa shape index (κ2) is 24.5. The molecule has 0 aliphatic carbocycles. The highest BCUT2D eigenvalue weighted by molar-refractivity contribution is 5.73. The lowest BCUT2D eigenvalue weighted by atomic mass is 9.94. The number of amides is 1. The highest BCUT2D eigenvalue weighted by atomic mass is 16.8. The zero-order chi connectivity index (χ0) is 44.5. The second-order valence-corrected chi connectivity index (χ2v) is 16.4. The molecule has 1 amide bonds. The maximum Gasteiger partial charge on any atom is 0.217 e. The van der Waals surface area contributed by atoms with E-state index >= 15 is 0 Å². The number of hydrogen-bond donors (Lipinski definition) is 2. The lowest BCUT2D eigenvalue weighted by Gasteiger charge is -2.50. The van der Waals surface area contributed by atoms with Crippen LogP contribution in [0.1, 0.15) is 48.6 Å². The molecule has 0 aromatic heterocycles. The lowest BCUT2D eigenvalue weighted by molar-refractivity contribution is -0.364. The molecule has 5 aromatic carbocycles. The van der Waals surface area contributed by atoms with Gasteiger partial charge in [0.25, 0.3) is 0 Å². The zero-order valence-corrected chi connectivity index (χ0v) is 36.8. The number of carbonyl (C=O) groups excluding carboxylic acids is 1. The summed E-state index contributed by atoms with van der Waals surface area (Å²) < 4.78 is 60.0. The van der Waals surface area contributed by atoms with E-state index in [1.807, 2.05) is 166 Å². The summed E-state index contributed by atoms with van der Waals surface area (Å²) in [5.41, 5.74) is 4.72. The van der Waals surface area contributed by atoms with Crippen LogP contribution in [0.25, 0.3) is 0 Å². The maximum absolute atomic E-state index is 13.1. The van der Waals surface area contributed by atoms with Crippen LogP contribution in [0.5, 0.6) is 0 Å². The molecule has 2 aliphatic heterocycles. The van der Waals surface area contributed by atoms with Crippen molar-refractivity contribution in [3.63, 3.8) is 0 Å². The number of aliphatic hydroxyl groups is 1. The molecule has 12 heteroatoms. The fourth-order valence-corrected chi connectivity index (χ4v) is 7.87. The summed E-state index contributed by atoms with van der Waals surface area (Å²) in [6.07, 6.45) is -8.86. The molecule has 2 saturated heterocycles. The molecule has 10 atom stereocenters. The maximum atomic E-state index is 13.1. The van der Waals surface area contributed by atoms with E-state index in [2.05, 4.69) is 5.32 Å². The standard InChI is InChI=1S/C52H61NO11/c1-36(2)61-52-50(60-33-42-27-17-8-18-28-42)49(59-32-41-25-15-7-16-26-41)47(44(63-52)35-57-30-39-21-11-5-12-22-39)64-51-45(53-37(3)54)48(58-31-40-23-13-6-14-24-40)46(55)43(62-51)34-56-29-38-19-9-4-10-20-38/h4-28,36,43-52,55H,29-35H2,1-3H3,(H,53,54)/t43-,44-,45+,46-,47-,48-,49+,50-,51+,52+/m1/s1. The summed E-state index contributed by atoms with van der Waals surface area (Å²) >= 11 is 0. The van der Waals surface area contributed by atoms with Crippen LogP contribution in [0.2, 0.25) is 0 Å².